The van der Waals surface area contributed by atoms with Crippen LogP contribution in [0.15, 0.2) is 29.2 Å². The smallest absolute Gasteiger partial charge is 0.235 e. The number of thioether (sulfide) groups is 1. The molecule has 5 heteroatoms. The molecular weight excluding hydrogens is 236 g/mol. The number of rotatable bonds is 4. The lowest BCUT2D eigenvalue weighted by Crippen LogP contribution is -2.39. The van der Waals surface area contributed by atoms with Crippen molar-refractivity contribution in [2.75, 3.05) is 32.1 Å². The van der Waals surface area contributed by atoms with Gasteiger partial charge in [0.1, 0.15) is 5.25 Å². The molecule has 0 saturated heterocycles. The fourth-order valence-electron chi connectivity index (χ4n) is 1.65. The van der Waals surface area contributed by atoms with E-state index in [1.54, 1.807) is 18.9 Å². The van der Waals surface area contributed by atoms with E-state index in [0.717, 1.165) is 10.6 Å². The molecule has 1 aromatic carbocycles. The Morgan fingerprint density at radius 1 is 1.59 bits per heavy atom. The average molecular weight is 252 g/mol. The zero-order valence-corrected chi connectivity index (χ0v) is 10.5. The van der Waals surface area contributed by atoms with Gasteiger partial charge in [0, 0.05) is 30.8 Å². The largest absolute Gasteiger partial charge is 0.383 e. The van der Waals surface area contributed by atoms with Crippen molar-refractivity contribution in [1.29, 1.82) is 0 Å². The van der Waals surface area contributed by atoms with Crippen LogP contribution in [0.1, 0.15) is 0 Å². The third-order valence-electron chi connectivity index (χ3n) is 2.53. The monoisotopic (exact) mass is 252 g/mol. The molecule has 17 heavy (non-hydrogen) atoms. The number of para-hydroxylation sites is 1. The molecule has 1 amide bonds. The van der Waals surface area contributed by atoms with Crippen molar-refractivity contribution >= 4 is 23.4 Å². The second kappa shape index (κ2) is 5.93. The molecule has 92 valence electrons. The Morgan fingerprint density at radius 3 is 3.24 bits per heavy atom. The number of nitrogens with one attached hydrogen (secondary N) is 2. The van der Waals surface area contributed by atoms with Gasteiger partial charge in [0.2, 0.25) is 5.91 Å². The Bertz CT molecular complexity index is 398. The van der Waals surface area contributed by atoms with Crippen molar-refractivity contribution in [2.24, 2.45) is 0 Å². The molecule has 0 fully saturated rings. The summed E-state index contributed by atoms with van der Waals surface area (Å²) < 4.78 is 4.90. The summed E-state index contributed by atoms with van der Waals surface area (Å²) >= 11 is 1.61. The van der Waals surface area contributed by atoms with E-state index in [1.165, 1.54) is 0 Å². The highest BCUT2D eigenvalue weighted by Crippen LogP contribution is 2.34. The number of benzene rings is 1. The molecule has 0 bridgehead atoms. The Hall–Kier alpha value is -1.20. The normalized spacial score (nSPS) is 18.1. The maximum atomic E-state index is 11.9. The number of methoxy groups -OCH3 is 1. The molecule has 1 atom stereocenters. The van der Waals surface area contributed by atoms with Crippen LogP contribution in [0.4, 0.5) is 5.69 Å². The molecule has 1 aliphatic heterocycles. The first kappa shape index (κ1) is 12.3. The zero-order chi connectivity index (χ0) is 12.1. The van der Waals surface area contributed by atoms with Gasteiger partial charge in [-0.1, -0.05) is 12.1 Å². The summed E-state index contributed by atoms with van der Waals surface area (Å²) in [7, 11) is 1.62. The highest BCUT2D eigenvalue weighted by atomic mass is 32.2. The van der Waals surface area contributed by atoms with Gasteiger partial charge in [-0.3, -0.25) is 4.79 Å². The number of fused-ring (bicyclic) bond motifs is 1. The van der Waals surface area contributed by atoms with Crippen LogP contribution < -0.4 is 10.6 Å². The SMILES string of the molecule is COCCNC(=O)C1CNc2ccccc2S1. The van der Waals surface area contributed by atoms with Gasteiger partial charge in [-0.2, -0.15) is 0 Å². The fraction of sp³-hybridized carbons (Fsp3) is 0.417. The molecule has 0 aromatic heterocycles. The highest BCUT2D eigenvalue weighted by molar-refractivity contribution is 8.00. The molecule has 0 spiro atoms. The average Bonchev–Trinajstić information content (AvgIpc) is 2.38. The minimum atomic E-state index is -0.0678. The summed E-state index contributed by atoms with van der Waals surface area (Å²) in [5.74, 6) is 0.0639. The molecule has 0 saturated carbocycles. The van der Waals surface area contributed by atoms with Crippen LogP contribution in [0.5, 0.6) is 0 Å². The van der Waals surface area contributed by atoms with Crippen molar-refractivity contribution in [3.8, 4) is 0 Å². The van der Waals surface area contributed by atoms with Crippen molar-refractivity contribution in [3.63, 3.8) is 0 Å². The minimum absolute atomic E-state index is 0.0639. The Kier molecular flexibility index (Phi) is 4.28. The zero-order valence-electron chi connectivity index (χ0n) is 9.73. The van der Waals surface area contributed by atoms with E-state index in [0.29, 0.717) is 19.7 Å². The molecule has 1 aliphatic rings. The maximum absolute atomic E-state index is 11.9. The first-order chi connectivity index (χ1) is 8.31. The van der Waals surface area contributed by atoms with E-state index in [1.807, 2.05) is 24.3 Å². The minimum Gasteiger partial charge on any atom is -0.383 e. The van der Waals surface area contributed by atoms with Crippen LogP contribution >= 0.6 is 11.8 Å². The maximum Gasteiger partial charge on any atom is 0.235 e. The van der Waals surface area contributed by atoms with Gasteiger partial charge in [-0.15, -0.1) is 11.8 Å². The molecule has 2 N–H and O–H groups in total. The Morgan fingerprint density at radius 2 is 2.41 bits per heavy atom. The van der Waals surface area contributed by atoms with Gasteiger partial charge in [0.15, 0.2) is 0 Å². The summed E-state index contributed by atoms with van der Waals surface area (Å²) in [4.78, 5) is 13.0. The predicted molar refractivity (Wildman–Crippen MR) is 69.5 cm³/mol. The van der Waals surface area contributed by atoms with E-state index in [2.05, 4.69) is 10.6 Å². The number of ether oxygens (including phenoxy) is 1. The molecular formula is C12H16N2O2S. The predicted octanol–water partition coefficient (Wildman–Crippen LogP) is 1.34. The lowest BCUT2D eigenvalue weighted by molar-refractivity contribution is -0.120. The van der Waals surface area contributed by atoms with Crippen LogP contribution in [0, 0.1) is 0 Å². The number of hydrogen-bond acceptors (Lipinski definition) is 4. The van der Waals surface area contributed by atoms with E-state index in [9.17, 15) is 4.79 Å². The molecule has 1 heterocycles. The second-order valence-corrected chi connectivity index (χ2v) is 5.01. The van der Waals surface area contributed by atoms with Crippen molar-refractivity contribution < 1.29 is 9.53 Å². The first-order valence-electron chi connectivity index (χ1n) is 5.57. The van der Waals surface area contributed by atoms with Gasteiger partial charge in [-0.25, -0.2) is 0 Å². The number of anilines is 1. The first-order valence-corrected chi connectivity index (χ1v) is 6.45. The second-order valence-electron chi connectivity index (χ2n) is 3.77. The number of amides is 1. The third kappa shape index (κ3) is 3.14. The van der Waals surface area contributed by atoms with E-state index in [4.69, 9.17) is 4.74 Å². The molecule has 4 nitrogen and oxygen atoms in total. The lowest BCUT2D eigenvalue weighted by atomic mass is 10.3. The molecule has 1 unspecified atom stereocenters. The van der Waals surface area contributed by atoms with Gasteiger partial charge in [0.05, 0.1) is 6.61 Å². The van der Waals surface area contributed by atoms with Crippen molar-refractivity contribution in [2.45, 2.75) is 10.1 Å². The molecule has 0 radical (unpaired) electrons. The van der Waals surface area contributed by atoms with Gasteiger partial charge >= 0.3 is 0 Å². The molecule has 1 aromatic rings. The number of carbonyl (C=O) groups is 1. The quantitative estimate of drug-likeness (QED) is 0.794. The summed E-state index contributed by atoms with van der Waals surface area (Å²) in [5, 5.41) is 6.06. The van der Waals surface area contributed by atoms with Crippen LogP contribution in [-0.4, -0.2) is 38.0 Å². The van der Waals surface area contributed by atoms with Crippen LogP contribution in [0.25, 0.3) is 0 Å². The van der Waals surface area contributed by atoms with Crippen molar-refractivity contribution in [1.82, 2.24) is 5.32 Å². The third-order valence-corrected chi connectivity index (χ3v) is 3.81. The van der Waals surface area contributed by atoms with Crippen LogP contribution in [0.2, 0.25) is 0 Å². The molecule has 2 rings (SSSR count). The summed E-state index contributed by atoms with van der Waals surface area (Å²) in [6, 6.07) is 8.03. The summed E-state index contributed by atoms with van der Waals surface area (Å²) in [6.45, 7) is 1.78. The highest BCUT2D eigenvalue weighted by Gasteiger charge is 2.24. The fourth-order valence-corrected chi connectivity index (χ4v) is 2.74. The van der Waals surface area contributed by atoms with Crippen LogP contribution in [0.3, 0.4) is 0 Å². The topological polar surface area (TPSA) is 50.4 Å². The van der Waals surface area contributed by atoms with E-state index < -0.39 is 0 Å². The lowest BCUT2D eigenvalue weighted by Gasteiger charge is -2.24. The summed E-state index contributed by atoms with van der Waals surface area (Å²) in [6.07, 6.45) is 0. The van der Waals surface area contributed by atoms with Gasteiger partial charge in [0.25, 0.3) is 0 Å². The summed E-state index contributed by atoms with van der Waals surface area (Å²) in [5.41, 5.74) is 1.11. The Labute approximate surface area is 105 Å². The standard InChI is InChI=1S/C12H16N2O2S/c1-16-7-6-13-12(15)11-8-14-9-4-2-3-5-10(9)17-11/h2-5,11,14H,6-8H2,1H3,(H,13,15). The van der Waals surface area contributed by atoms with E-state index >= 15 is 0 Å². The molecule has 0 aliphatic carbocycles. The van der Waals surface area contributed by atoms with Crippen molar-refractivity contribution in [3.05, 3.63) is 24.3 Å². The Balaban J connectivity index is 1.91. The van der Waals surface area contributed by atoms with Crippen LogP contribution in [-0.2, 0) is 9.53 Å². The van der Waals surface area contributed by atoms with Gasteiger partial charge < -0.3 is 15.4 Å². The van der Waals surface area contributed by atoms with E-state index in [-0.39, 0.29) is 11.2 Å². The number of carbonyl (C=O) groups excluding carboxylic acids is 1. The number of hydrogen-bond donors (Lipinski definition) is 2. The van der Waals surface area contributed by atoms with Gasteiger partial charge in [-0.05, 0) is 12.1 Å².